The van der Waals surface area contributed by atoms with Crippen molar-refractivity contribution in [2.75, 3.05) is 19.8 Å². The maximum atomic E-state index is 11.8. The van der Waals surface area contributed by atoms with Crippen molar-refractivity contribution in [3.63, 3.8) is 0 Å². The van der Waals surface area contributed by atoms with Crippen LogP contribution in [0.25, 0.3) is 0 Å². The highest BCUT2D eigenvalue weighted by molar-refractivity contribution is 5.89. The molecule has 3 rings (SSSR count). The molecule has 0 spiro atoms. The summed E-state index contributed by atoms with van der Waals surface area (Å²) in [6, 6.07) is 12.2. The molecule has 24 heavy (non-hydrogen) atoms. The molecule has 0 radical (unpaired) electrons. The van der Waals surface area contributed by atoms with Gasteiger partial charge in [0.2, 0.25) is 0 Å². The number of amides is 1. The number of pyridine rings is 1. The van der Waals surface area contributed by atoms with E-state index in [0.717, 1.165) is 0 Å². The fourth-order valence-electron chi connectivity index (χ4n) is 2.13. The maximum absolute atomic E-state index is 11.8. The molecule has 2 aromatic rings. The summed E-state index contributed by atoms with van der Waals surface area (Å²) in [7, 11) is 0. The quantitative estimate of drug-likeness (QED) is 0.830. The number of ether oxygens (including phenoxy) is 3. The summed E-state index contributed by atoms with van der Waals surface area (Å²) in [6.07, 6.45) is 1.19. The van der Waals surface area contributed by atoms with Gasteiger partial charge in [-0.3, -0.25) is 4.79 Å². The van der Waals surface area contributed by atoms with E-state index >= 15 is 0 Å². The Hall–Kier alpha value is -3.09. The van der Waals surface area contributed by atoms with Crippen molar-refractivity contribution in [2.45, 2.75) is 6.10 Å². The number of nitrogens with one attached hydrogen (secondary N) is 1. The predicted molar refractivity (Wildman–Crippen MR) is 83.9 cm³/mol. The Labute approximate surface area is 138 Å². The van der Waals surface area contributed by atoms with Crippen LogP contribution in [0, 0.1) is 0 Å². The molecule has 7 heteroatoms. The Morgan fingerprint density at radius 2 is 1.96 bits per heavy atom. The van der Waals surface area contributed by atoms with Crippen LogP contribution in [0.4, 0.5) is 0 Å². The van der Waals surface area contributed by atoms with E-state index in [4.69, 9.17) is 14.2 Å². The number of benzene rings is 1. The lowest BCUT2D eigenvalue weighted by Crippen LogP contribution is -2.42. The Morgan fingerprint density at radius 1 is 1.17 bits per heavy atom. The first kappa shape index (κ1) is 15.8. The van der Waals surface area contributed by atoms with Crippen LogP contribution in [0.15, 0.2) is 48.7 Å². The number of rotatable bonds is 5. The summed E-state index contributed by atoms with van der Waals surface area (Å²) in [6.45, 7) is 0.221. The van der Waals surface area contributed by atoms with E-state index in [0.29, 0.717) is 18.1 Å². The van der Waals surface area contributed by atoms with Gasteiger partial charge in [-0.1, -0.05) is 18.2 Å². The van der Waals surface area contributed by atoms with Gasteiger partial charge in [0.1, 0.15) is 18.4 Å². The number of carbonyl (C=O) groups excluding carboxylic acids is 2. The summed E-state index contributed by atoms with van der Waals surface area (Å²) in [4.78, 5) is 27.3. The van der Waals surface area contributed by atoms with E-state index in [9.17, 15) is 9.59 Å². The topological polar surface area (TPSA) is 86.8 Å². The Bertz CT molecular complexity index is 720. The molecule has 1 N–H and O–H groups in total. The molecular formula is C17H16N2O5. The molecule has 0 aliphatic carbocycles. The van der Waals surface area contributed by atoms with Crippen LogP contribution >= 0.6 is 0 Å². The van der Waals surface area contributed by atoms with Gasteiger partial charge in [0.15, 0.2) is 18.1 Å². The highest BCUT2D eigenvalue weighted by atomic mass is 16.6. The molecule has 0 bridgehead atoms. The smallest absolute Gasteiger partial charge is 0.357 e. The second-order valence-electron chi connectivity index (χ2n) is 5.09. The van der Waals surface area contributed by atoms with Crippen LogP contribution in [0.3, 0.4) is 0 Å². The molecule has 2 heterocycles. The number of carbonyl (C=O) groups is 2. The molecule has 0 saturated carbocycles. The third kappa shape index (κ3) is 4.01. The third-order valence-electron chi connectivity index (χ3n) is 3.30. The van der Waals surface area contributed by atoms with Gasteiger partial charge in [0, 0.05) is 6.20 Å². The zero-order chi connectivity index (χ0) is 16.8. The summed E-state index contributed by atoms with van der Waals surface area (Å²) < 4.78 is 16.2. The van der Waals surface area contributed by atoms with Crippen LogP contribution in [-0.4, -0.2) is 42.7 Å². The largest absolute Gasteiger partial charge is 0.486 e. The van der Waals surface area contributed by atoms with Crippen molar-refractivity contribution in [1.29, 1.82) is 0 Å². The van der Waals surface area contributed by atoms with Crippen LogP contribution in [0.1, 0.15) is 10.5 Å². The number of hydrogen-bond acceptors (Lipinski definition) is 6. The first-order valence-corrected chi connectivity index (χ1v) is 7.46. The molecule has 124 valence electrons. The zero-order valence-electron chi connectivity index (χ0n) is 12.8. The van der Waals surface area contributed by atoms with Gasteiger partial charge in [-0.05, 0) is 24.3 Å². The standard InChI is InChI=1S/C17H16N2O5/c20-16(11-23-17(21)13-5-3-4-8-18-13)19-9-12-10-22-14-6-1-2-7-15(14)24-12/h1-8,12H,9-11H2,(H,19,20). The lowest BCUT2D eigenvalue weighted by molar-refractivity contribution is -0.124. The number of esters is 1. The summed E-state index contributed by atoms with van der Waals surface area (Å²) in [5.41, 5.74) is 0.158. The minimum Gasteiger partial charge on any atom is -0.486 e. The van der Waals surface area contributed by atoms with Crippen molar-refractivity contribution in [2.24, 2.45) is 0 Å². The SMILES string of the molecule is O=C(COC(=O)c1ccccn1)NCC1COc2ccccc2O1. The Balaban J connectivity index is 1.41. The Kier molecular flexibility index (Phi) is 4.90. The average Bonchev–Trinajstić information content (AvgIpc) is 2.65. The zero-order valence-corrected chi connectivity index (χ0v) is 12.8. The van der Waals surface area contributed by atoms with Gasteiger partial charge in [-0.2, -0.15) is 0 Å². The van der Waals surface area contributed by atoms with Gasteiger partial charge in [-0.25, -0.2) is 9.78 Å². The first-order valence-electron chi connectivity index (χ1n) is 7.46. The van der Waals surface area contributed by atoms with E-state index in [1.807, 2.05) is 18.2 Å². The third-order valence-corrected chi connectivity index (χ3v) is 3.30. The molecule has 1 aliphatic heterocycles. The van der Waals surface area contributed by atoms with Crippen LogP contribution < -0.4 is 14.8 Å². The highest BCUT2D eigenvalue weighted by Crippen LogP contribution is 2.30. The molecule has 1 aromatic heterocycles. The summed E-state index contributed by atoms with van der Waals surface area (Å²) in [5, 5.41) is 2.65. The summed E-state index contributed by atoms with van der Waals surface area (Å²) in [5.74, 6) is 0.271. The molecule has 0 fully saturated rings. The van der Waals surface area contributed by atoms with Crippen molar-refractivity contribution in [3.05, 3.63) is 54.4 Å². The number of hydrogen-bond donors (Lipinski definition) is 1. The molecule has 0 saturated heterocycles. The van der Waals surface area contributed by atoms with Gasteiger partial charge in [0.05, 0.1) is 6.54 Å². The van der Waals surface area contributed by atoms with Crippen molar-refractivity contribution in [3.8, 4) is 11.5 Å². The second kappa shape index (κ2) is 7.45. The van der Waals surface area contributed by atoms with Gasteiger partial charge in [0.25, 0.3) is 5.91 Å². The van der Waals surface area contributed by atoms with Crippen molar-refractivity contribution >= 4 is 11.9 Å². The number of aromatic nitrogens is 1. The average molecular weight is 328 g/mol. The number of fused-ring (bicyclic) bond motifs is 1. The molecule has 1 amide bonds. The van der Waals surface area contributed by atoms with Crippen molar-refractivity contribution in [1.82, 2.24) is 10.3 Å². The van der Waals surface area contributed by atoms with E-state index in [-0.39, 0.29) is 24.9 Å². The first-order chi connectivity index (χ1) is 11.7. The molecular weight excluding hydrogens is 312 g/mol. The second-order valence-corrected chi connectivity index (χ2v) is 5.09. The van der Waals surface area contributed by atoms with Crippen LogP contribution in [0.2, 0.25) is 0 Å². The fourth-order valence-corrected chi connectivity index (χ4v) is 2.13. The van der Waals surface area contributed by atoms with Crippen LogP contribution in [0.5, 0.6) is 11.5 Å². The van der Waals surface area contributed by atoms with E-state index in [1.165, 1.54) is 12.3 Å². The molecule has 1 aromatic carbocycles. The van der Waals surface area contributed by atoms with Crippen molar-refractivity contribution < 1.29 is 23.8 Å². The number of para-hydroxylation sites is 2. The minimum atomic E-state index is -0.642. The maximum Gasteiger partial charge on any atom is 0.357 e. The van der Waals surface area contributed by atoms with Gasteiger partial charge in [-0.15, -0.1) is 0 Å². The lowest BCUT2D eigenvalue weighted by atomic mass is 10.2. The minimum absolute atomic E-state index is 0.158. The van der Waals surface area contributed by atoms with E-state index < -0.39 is 11.9 Å². The van der Waals surface area contributed by atoms with E-state index in [2.05, 4.69) is 10.3 Å². The van der Waals surface area contributed by atoms with Gasteiger partial charge >= 0.3 is 5.97 Å². The van der Waals surface area contributed by atoms with Crippen LogP contribution in [-0.2, 0) is 9.53 Å². The fraction of sp³-hybridized carbons (Fsp3) is 0.235. The molecule has 1 unspecified atom stereocenters. The lowest BCUT2D eigenvalue weighted by Gasteiger charge is -2.26. The normalized spacial score (nSPS) is 15.4. The predicted octanol–water partition coefficient (Wildman–Crippen LogP) is 1.19. The van der Waals surface area contributed by atoms with Gasteiger partial charge < -0.3 is 19.5 Å². The molecule has 1 atom stereocenters. The Morgan fingerprint density at radius 3 is 2.75 bits per heavy atom. The highest BCUT2D eigenvalue weighted by Gasteiger charge is 2.21. The van der Waals surface area contributed by atoms with E-state index in [1.54, 1.807) is 18.2 Å². The molecule has 7 nitrogen and oxygen atoms in total. The molecule has 1 aliphatic rings. The summed E-state index contributed by atoms with van der Waals surface area (Å²) >= 11 is 0. The number of nitrogens with zero attached hydrogens (tertiary/aromatic N) is 1. The monoisotopic (exact) mass is 328 g/mol.